The van der Waals surface area contributed by atoms with Crippen LogP contribution < -0.4 is 10.4 Å². The fourth-order valence-electron chi connectivity index (χ4n) is 1.88. The zero-order valence-electron chi connectivity index (χ0n) is 9.17. The Morgan fingerprint density at radius 3 is 2.38 bits per heavy atom. The molecule has 1 saturated heterocycles. The molecule has 6 nitrogen and oxygen atoms in total. The number of nitrogens with one attached hydrogen (secondary N) is 1. The van der Waals surface area contributed by atoms with Crippen LogP contribution in [0, 0.1) is 5.92 Å². The first kappa shape index (κ1) is 15.2. The molecule has 1 rings (SSSR count). The van der Waals surface area contributed by atoms with Crippen molar-refractivity contribution in [1.29, 1.82) is 0 Å². The number of hydrogen-bond acceptors (Lipinski definition) is 4. The van der Waals surface area contributed by atoms with Crippen LogP contribution in [-0.4, -0.2) is 28.5 Å². The molecule has 4 amide bonds. The standard InChI is InChI=1S/C9H14N2O4.Ag/c1-5(2)4-9(3)6(12)10-7(13)11(9)8(14)15;/h5H,4H2,1-3H3,(H,14,15)(H,10,12,13);/q;+1/p-1. The summed E-state index contributed by atoms with van der Waals surface area (Å²) in [5.74, 6) is -0.501. The van der Waals surface area contributed by atoms with Crippen molar-refractivity contribution in [2.24, 2.45) is 5.92 Å². The molecular formula is C9H13AgN2O4. The molecule has 16 heavy (non-hydrogen) atoms. The molecule has 0 aromatic rings. The van der Waals surface area contributed by atoms with E-state index >= 15 is 0 Å². The van der Waals surface area contributed by atoms with Gasteiger partial charge in [-0.25, -0.2) is 4.79 Å². The molecule has 0 aromatic carbocycles. The molecule has 94 valence electrons. The Bertz CT molecular complexity index is 331. The van der Waals surface area contributed by atoms with Gasteiger partial charge in [-0.1, -0.05) is 13.8 Å². The topological polar surface area (TPSA) is 89.5 Å². The molecule has 1 aliphatic heterocycles. The van der Waals surface area contributed by atoms with Crippen LogP contribution in [0.2, 0.25) is 0 Å². The molecule has 0 aliphatic carbocycles. The van der Waals surface area contributed by atoms with Gasteiger partial charge in [-0.15, -0.1) is 0 Å². The number of carbonyl (C=O) groups excluding carboxylic acids is 3. The van der Waals surface area contributed by atoms with E-state index < -0.39 is 23.6 Å². The molecule has 1 aliphatic rings. The quantitative estimate of drug-likeness (QED) is 0.558. The smallest absolute Gasteiger partial charge is 0.529 e. The van der Waals surface area contributed by atoms with Crippen molar-refractivity contribution < 1.29 is 41.9 Å². The Labute approximate surface area is 109 Å². The second-order valence-electron chi connectivity index (χ2n) is 4.23. The van der Waals surface area contributed by atoms with E-state index in [9.17, 15) is 19.5 Å². The Kier molecular flexibility index (Phi) is 4.72. The molecule has 7 heteroatoms. The maximum absolute atomic E-state index is 11.5. The van der Waals surface area contributed by atoms with Crippen LogP contribution in [0.5, 0.6) is 0 Å². The molecule has 1 fully saturated rings. The summed E-state index contributed by atoms with van der Waals surface area (Å²) in [4.78, 5) is 33.9. The summed E-state index contributed by atoms with van der Waals surface area (Å²) in [6, 6.07) is -0.928. The minimum Gasteiger partial charge on any atom is -0.529 e. The minimum atomic E-state index is -1.65. The van der Waals surface area contributed by atoms with Gasteiger partial charge in [-0.2, -0.15) is 0 Å². The van der Waals surface area contributed by atoms with Crippen LogP contribution >= 0.6 is 0 Å². The van der Waals surface area contributed by atoms with Gasteiger partial charge in [0.25, 0.3) is 5.91 Å². The van der Waals surface area contributed by atoms with E-state index in [-0.39, 0.29) is 34.7 Å². The first-order valence-corrected chi connectivity index (χ1v) is 4.65. The van der Waals surface area contributed by atoms with E-state index in [4.69, 9.17) is 0 Å². The predicted molar refractivity (Wildman–Crippen MR) is 48.6 cm³/mol. The van der Waals surface area contributed by atoms with Gasteiger partial charge in [-0.05, 0) is 19.3 Å². The number of imide groups is 2. The van der Waals surface area contributed by atoms with E-state index in [0.717, 1.165) is 0 Å². The van der Waals surface area contributed by atoms with Crippen LogP contribution in [0.1, 0.15) is 27.2 Å². The number of nitrogens with zero attached hydrogens (tertiary/aromatic N) is 1. The van der Waals surface area contributed by atoms with Crippen molar-refractivity contribution in [3.05, 3.63) is 0 Å². The molecule has 0 aromatic heterocycles. The Morgan fingerprint density at radius 2 is 2.00 bits per heavy atom. The average Bonchev–Trinajstić information content (AvgIpc) is 2.20. The van der Waals surface area contributed by atoms with Crippen LogP contribution in [-0.2, 0) is 27.2 Å². The van der Waals surface area contributed by atoms with Crippen molar-refractivity contribution >= 4 is 18.0 Å². The first-order chi connectivity index (χ1) is 6.79. The Morgan fingerprint density at radius 1 is 1.50 bits per heavy atom. The Hall–Kier alpha value is -0.850. The normalized spacial score (nSPS) is 24.4. The zero-order chi connectivity index (χ0) is 11.8. The SMILES string of the molecule is CC(C)CC1(C)C(=O)NC(=O)N1C(=O)[O-].[Ag+]. The van der Waals surface area contributed by atoms with Crippen LogP contribution in [0.3, 0.4) is 0 Å². The summed E-state index contributed by atoms with van der Waals surface area (Å²) in [7, 11) is 0. The van der Waals surface area contributed by atoms with Gasteiger partial charge in [0.1, 0.15) is 11.6 Å². The summed E-state index contributed by atoms with van der Waals surface area (Å²) in [6.45, 7) is 5.10. The molecule has 0 spiro atoms. The van der Waals surface area contributed by atoms with Crippen molar-refractivity contribution in [3.8, 4) is 0 Å². The van der Waals surface area contributed by atoms with Gasteiger partial charge in [-0.3, -0.25) is 15.0 Å². The molecule has 1 unspecified atom stereocenters. The molecule has 0 saturated carbocycles. The predicted octanol–water partition coefficient (Wildman–Crippen LogP) is -0.316. The monoisotopic (exact) mass is 320 g/mol. The largest absolute Gasteiger partial charge is 1.00 e. The second kappa shape index (κ2) is 4.99. The van der Waals surface area contributed by atoms with Crippen molar-refractivity contribution in [2.45, 2.75) is 32.7 Å². The summed E-state index contributed by atoms with van der Waals surface area (Å²) < 4.78 is 0. The summed E-state index contributed by atoms with van der Waals surface area (Å²) in [5, 5.41) is 12.7. The number of amides is 4. The number of urea groups is 1. The number of carbonyl (C=O) groups is 3. The third kappa shape index (κ3) is 2.45. The van der Waals surface area contributed by atoms with E-state index in [1.54, 1.807) is 0 Å². The zero-order valence-corrected chi connectivity index (χ0v) is 10.6. The van der Waals surface area contributed by atoms with Gasteiger partial charge in [0.15, 0.2) is 0 Å². The molecule has 1 N–H and O–H groups in total. The van der Waals surface area contributed by atoms with Gasteiger partial charge in [0.2, 0.25) is 0 Å². The number of carboxylic acid groups (broad SMARTS) is 1. The summed E-state index contributed by atoms with van der Waals surface area (Å²) in [5.41, 5.74) is -1.34. The van der Waals surface area contributed by atoms with Gasteiger partial charge in [0, 0.05) is 0 Å². The fraction of sp³-hybridized carbons (Fsp3) is 0.667. The van der Waals surface area contributed by atoms with E-state index in [1.165, 1.54) is 6.92 Å². The van der Waals surface area contributed by atoms with E-state index in [0.29, 0.717) is 4.90 Å². The van der Waals surface area contributed by atoms with Gasteiger partial charge in [0.05, 0.1) is 0 Å². The molecular weight excluding hydrogens is 308 g/mol. The third-order valence-electron chi connectivity index (χ3n) is 2.39. The maximum atomic E-state index is 11.5. The van der Waals surface area contributed by atoms with Crippen molar-refractivity contribution in [3.63, 3.8) is 0 Å². The average molecular weight is 321 g/mol. The molecule has 0 bridgehead atoms. The number of rotatable bonds is 2. The molecule has 1 atom stereocenters. The number of hydrogen-bond donors (Lipinski definition) is 1. The van der Waals surface area contributed by atoms with Crippen molar-refractivity contribution in [1.82, 2.24) is 10.2 Å². The maximum Gasteiger partial charge on any atom is 1.00 e. The van der Waals surface area contributed by atoms with Gasteiger partial charge < -0.3 is 9.90 Å². The fourth-order valence-corrected chi connectivity index (χ4v) is 1.88. The van der Waals surface area contributed by atoms with Crippen molar-refractivity contribution in [2.75, 3.05) is 0 Å². The second-order valence-corrected chi connectivity index (χ2v) is 4.23. The Balaban J connectivity index is 0.00000225. The first-order valence-electron chi connectivity index (χ1n) is 4.65. The molecule has 1 heterocycles. The third-order valence-corrected chi connectivity index (χ3v) is 2.39. The van der Waals surface area contributed by atoms with Gasteiger partial charge >= 0.3 is 28.4 Å². The summed E-state index contributed by atoms with van der Waals surface area (Å²) >= 11 is 0. The summed E-state index contributed by atoms with van der Waals surface area (Å²) in [6.07, 6.45) is -1.38. The van der Waals surface area contributed by atoms with E-state index in [2.05, 4.69) is 0 Å². The van der Waals surface area contributed by atoms with Crippen LogP contribution in [0.15, 0.2) is 0 Å². The van der Waals surface area contributed by atoms with Crippen LogP contribution in [0.25, 0.3) is 0 Å². The molecule has 0 radical (unpaired) electrons. The van der Waals surface area contributed by atoms with E-state index in [1.807, 2.05) is 19.2 Å². The minimum absolute atomic E-state index is 0. The van der Waals surface area contributed by atoms with Crippen LogP contribution in [0.4, 0.5) is 9.59 Å².